The van der Waals surface area contributed by atoms with Gasteiger partial charge in [-0.3, -0.25) is 9.59 Å². The fourth-order valence-electron chi connectivity index (χ4n) is 2.64. The third-order valence-electron chi connectivity index (χ3n) is 4.20. The summed E-state index contributed by atoms with van der Waals surface area (Å²) in [5.74, 6) is -0.440. The van der Waals surface area contributed by atoms with Gasteiger partial charge in [0.2, 0.25) is 5.91 Å². The number of fused-ring (bicyclic) bond motifs is 1. The van der Waals surface area contributed by atoms with Crippen LogP contribution in [-0.4, -0.2) is 45.3 Å². The lowest BCUT2D eigenvalue weighted by Crippen LogP contribution is -2.38. The van der Waals surface area contributed by atoms with Crippen molar-refractivity contribution in [1.29, 1.82) is 0 Å². The Morgan fingerprint density at radius 1 is 1.15 bits per heavy atom. The molecule has 0 aliphatic rings. The third-order valence-corrected chi connectivity index (χ3v) is 4.20. The van der Waals surface area contributed by atoms with E-state index in [0.29, 0.717) is 17.6 Å². The Bertz CT molecular complexity index is 946. The van der Waals surface area contributed by atoms with E-state index in [1.54, 1.807) is 37.0 Å². The topological polar surface area (TPSA) is 80.1 Å². The maximum absolute atomic E-state index is 12.5. The first-order valence-electron chi connectivity index (χ1n) is 8.31. The van der Waals surface area contributed by atoms with Crippen molar-refractivity contribution >= 4 is 22.8 Å². The van der Waals surface area contributed by atoms with Gasteiger partial charge in [0.05, 0.1) is 12.1 Å². The Morgan fingerprint density at radius 2 is 1.88 bits per heavy atom. The number of nitrogens with zero attached hydrogens (tertiary/aromatic N) is 4. The molecule has 7 heteroatoms. The minimum absolute atomic E-state index is 0.0107. The number of rotatable bonds is 5. The van der Waals surface area contributed by atoms with Crippen molar-refractivity contribution in [1.82, 2.24) is 25.2 Å². The molecule has 1 heterocycles. The smallest absolute Gasteiger partial charge is 0.254 e. The van der Waals surface area contributed by atoms with E-state index >= 15 is 0 Å². The highest BCUT2D eigenvalue weighted by atomic mass is 16.2. The van der Waals surface area contributed by atoms with Crippen molar-refractivity contribution in [3.63, 3.8) is 0 Å². The first-order valence-corrected chi connectivity index (χ1v) is 8.31. The number of amides is 2. The summed E-state index contributed by atoms with van der Waals surface area (Å²) in [4.78, 5) is 26.0. The highest BCUT2D eigenvalue weighted by Crippen LogP contribution is 2.13. The first-order chi connectivity index (χ1) is 12.4. The molecule has 0 saturated carbocycles. The molecular weight excluding hydrogens is 330 g/mol. The number of carbonyl (C=O) groups excluding carboxylic acids is 2. The lowest BCUT2D eigenvalue weighted by molar-refractivity contribution is -0.121. The minimum Gasteiger partial charge on any atom is -0.350 e. The molecule has 0 spiro atoms. The van der Waals surface area contributed by atoms with Gasteiger partial charge >= 0.3 is 0 Å². The van der Waals surface area contributed by atoms with Crippen LogP contribution < -0.4 is 5.32 Å². The maximum atomic E-state index is 12.5. The lowest BCUT2D eigenvalue weighted by Gasteiger charge is -2.17. The molecule has 0 bridgehead atoms. The largest absolute Gasteiger partial charge is 0.350 e. The molecular formula is C19H21N5O2. The van der Waals surface area contributed by atoms with Gasteiger partial charge in [-0.15, -0.1) is 5.10 Å². The van der Waals surface area contributed by atoms with Gasteiger partial charge in [0.1, 0.15) is 5.52 Å². The van der Waals surface area contributed by atoms with Crippen LogP contribution in [0.2, 0.25) is 0 Å². The molecule has 2 aromatic carbocycles. The molecule has 1 N–H and O–H groups in total. The Kier molecular flexibility index (Phi) is 4.97. The lowest BCUT2D eigenvalue weighted by atomic mass is 10.1. The molecule has 3 aromatic rings. The van der Waals surface area contributed by atoms with Crippen LogP contribution in [0.1, 0.15) is 21.5 Å². The van der Waals surface area contributed by atoms with Crippen LogP contribution in [0.4, 0.5) is 0 Å². The summed E-state index contributed by atoms with van der Waals surface area (Å²) in [7, 11) is 3.40. The molecule has 0 fully saturated rings. The highest BCUT2D eigenvalue weighted by Gasteiger charge is 2.16. The highest BCUT2D eigenvalue weighted by molar-refractivity contribution is 5.98. The Morgan fingerprint density at radius 3 is 2.62 bits per heavy atom. The number of benzene rings is 2. The van der Waals surface area contributed by atoms with Crippen LogP contribution in [0.3, 0.4) is 0 Å². The molecule has 7 nitrogen and oxygen atoms in total. The average molecular weight is 351 g/mol. The van der Waals surface area contributed by atoms with E-state index in [-0.39, 0.29) is 18.4 Å². The molecule has 0 aliphatic heterocycles. The van der Waals surface area contributed by atoms with Crippen LogP contribution in [-0.2, 0) is 18.4 Å². The number of nitrogens with one attached hydrogen (secondary N) is 1. The van der Waals surface area contributed by atoms with Crippen LogP contribution >= 0.6 is 0 Å². The normalized spacial score (nSPS) is 10.7. The molecule has 0 aliphatic carbocycles. The van der Waals surface area contributed by atoms with Gasteiger partial charge in [-0.2, -0.15) is 0 Å². The summed E-state index contributed by atoms with van der Waals surface area (Å²) in [6, 6.07) is 13.1. The summed E-state index contributed by atoms with van der Waals surface area (Å²) in [5, 5.41) is 10.8. The number of likely N-dealkylation sites (N-methyl/N-ethyl adjacent to an activating group) is 1. The zero-order chi connectivity index (χ0) is 18.7. The molecule has 2 amide bonds. The van der Waals surface area contributed by atoms with Gasteiger partial charge < -0.3 is 10.2 Å². The standard InChI is InChI=1S/C19H21N5O2/c1-13-4-6-14(7-5-13)11-20-18(25)12-23(2)19(26)15-8-9-17-16(10-15)21-22-24(17)3/h4-10H,11-12H2,1-3H3,(H,20,25). The van der Waals surface area contributed by atoms with Gasteiger partial charge in [-0.1, -0.05) is 35.0 Å². The van der Waals surface area contributed by atoms with Gasteiger partial charge in [0.15, 0.2) is 0 Å². The Hall–Kier alpha value is -3.22. The van der Waals surface area contributed by atoms with E-state index in [1.807, 2.05) is 31.2 Å². The van der Waals surface area contributed by atoms with E-state index in [4.69, 9.17) is 0 Å². The van der Waals surface area contributed by atoms with Crippen LogP contribution in [0, 0.1) is 6.92 Å². The summed E-state index contributed by atoms with van der Waals surface area (Å²) >= 11 is 0. The number of hydrogen-bond donors (Lipinski definition) is 1. The first kappa shape index (κ1) is 17.6. The zero-order valence-electron chi connectivity index (χ0n) is 15.1. The fraction of sp³-hybridized carbons (Fsp3) is 0.263. The fourth-order valence-corrected chi connectivity index (χ4v) is 2.64. The molecule has 134 valence electrons. The quantitative estimate of drug-likeness (QED) is 0.758. The van der Waals surface area contributed by atoms with E-state index < -0.39 is 0 Å². The number of hydrogen-bond acceptors (Lipinski definition) is 4. The van der Waals surface area contributed by atoms with E-state index in [2.05, 4.69) is 15.6 Å². The molecule has 0 unspecified atom stereocenters. The summed E-state index contributed by atoms with van der Waals surface area (Å²) in [5.41, 5.74) is 4.17. The van der Waals surface area contributed by atoms with Gasteiger partial charge in [0.25, 0.3) is 5.91 Å². The van der Waals surface area contributed by atoms with Gasteiger partial charge in [-0.05, 0) is 30.7 Å². The van der Waals surface area contributed by atoms with Crippen molar-refractivity contribution in [2.45, 2.75) is 13.5 Å². The monoisotopic (exact) mass is 351 g/mol. The van der Waals surface area contributed by atoms with Crippen LogP contribution in [0.25, 0.3) is 11.0 Å². The van der Waals surface area contributed by atoms with Gasteiger partial charge in [-0.25, -0.2) is 4.68 Å². The van der Waals surface area contributed by atoms with Crippen molar-refractivity contribution in [3.05, 3.63) is 59.2 Å². The number of carbonyl (C=O) groups is 2. The second kappa shape index (κ2) is 7.35. The van der Waals surface area contributed by atoms with E-state index in [1.165, 1.54) is 10.5 Å². The second-order valence-corrected chi connectivity index (χ2v) is 6.34. The molecule has 0 saturated heterocycles. The van der Waals surface area contributed by atoms with Crippen LogP contribution in [0.15, 0.2) is 42.5 Å². The predicted molar refractivity (Wildman–Crippen MR) is 98.5 cm³/mol. The van der Waals surface area contributed by atoms with E-state index in [9.17, 15) is 9.59 Å². The maximum Gasteiger partial charge on any atom is 0.254 e. The minimum atomic E-state index is -0.233. The predicted octanol–water partition coefficient (Wildman–Crippen LogP) is 1.67. The van der Waals surface area contributed by atoms with Crippen molar-refractivity contribution < 1.29 is 9.59 Å². The Labute approximate surface area is 151 Å². The number of aryl methyl sites for hydroxylation is 2. The van der Waals surface area contributed by atoms with E-state index in [0.717, 1.165) is 11.1 Å². The van der Waals surface area contributed by atoms with Crippen molar-refractivity contribution in [3.8, 4) is 0 Å². The Balaban J connectivity index is 1.58. The SMILES string of the molecule is Cc1ccc(CNC(=O)CN(C)C(=O)c2ccc3c(c2)nnn3C)cc1. The molecule has 1 aromatic heterocycles. The second-order valence-electron chi connectivity index (χ2n) is 6.34. The van der Waals surface area contributed by atoms with Gasteiger partial charge in [0, 0.05) is 26.2 Å². The molecule has 0 radical (unpaired) electrons. The summed E-state index contributed by atoms with van der Waals surface area (Å²) < 4.78 is 1.64. The zero-order valence-corrected chi connectivity index (χ0v) is 15.1. The molecule has 26 heavy (non-hydrogen) atoms. The summed E-state index contributed by atoms with van der Waals surface area (Å²) in [6.45, 7) is 2.44. The molecule has 0 atom stereocenters. The number of aromatic nitrogens is 3. The summed E-state index contributed by atoms with van der Waals surface area (Å²) in [6.07, 6.45) is 0. The van der Waals surface area contributed by atoms with Crippen molar-refractivity contribution in [2.75, 3.05) is 13.6 Å². The third kappa shape index (κ3) is 3.88. The van der Waals surface area contributed by atoms with Crippen molar-refractivity contribution in [2.24, 2.45) is 7.05 Å². The van der Waals surface area contributed by atoms with Crippen LogP contribution in [0.5, 0.6) is 0 Å². The molecule has 3 rings (SSSR count). The average Bonchev–Trinajstić information content (AvgIpc) is 3.01.